The molecule has 3 aromatic carbocycles. The van der Waals surface area contributed by atoms with Gasteiger partial charge in [-0.3, -0.25) is 4.79 Å². The van der Waals surface area contributed by atoms with Crippen molar-refractivity contribution in [1.29, 1.82) is 0 Å². The van der Waals surface area contributed by atoms with E-state index in [1.54, 1.807) is 30.3 Å². The quantitative estimate of drug-likeness (QED) is 0.0991. The summed E-state index contributed by atoms with van der Waals surface area (Å²) in [5.41, 5.74) is 10.4. The monoisotopic (exact) mass is 595 g/mol. The lowest BCUT2D eigenvalue weighted by Crippen LogP contribution is -2.52. The number of carbonyl (C=O) groups excluding carboxylic acids is 1. The van der Waals surface area contributed by atoms with Crippen molar-refractivity contribution >= 4 is 23.6 Å². The smallest absolute Gasteiger partial charge is 0.252 e. The zero-order valence-corrected chi connectivity index (χ0v) is 24.5. The first-order valence-electron chi connectivity index (χ1n) is 15.0. The molecule has 2 aliphatic rings. The number of nitrogens with one attached hydrogen (secondary N) is 1. The largest absolute Gasteiger partial charge is 0.494 e. The second kappa shape index (κ2) is 14.7. The molecule has 0 bridgehead atoms. The average Bonchev–Trinajstić information content (AvgIpc) is 3.44. The van der Waals surface area contributed by atoms with Crippen LogP contribution in [0.15, 0.2) is 95.0 Å². The third-order valence-corrected chi connectivity index (χ3v) is 7.97. The zero-order chi connectivity index (χ0) is 30.8. The van der Waals surface area contributed by atoms with Crippen LogP contribution in [-0.2, 0) is 9.53 Å². The Labute approximate surface area is 256 Å². The van der Waals surface area contributed by atoms with Crippen LogP contribution in [0.3, 0.4) is 0 Å². The maximum atomic E-state index is 14.5. The van der Waals surface area contributed by atoms with Crippen molar-refractivity contribution in [3.05, 3.63) is 112 Å². The van der Waals surface area contributed by atoms with E-state index in [0.29, 0.717) is 61.3 Å². The Hall–Kier alpha value is -4.63. The van der Waals surface area contributed by atoms with Crippen molar-refractivity contribution in [2.45, 2.75) is 62.3 Å². The van der Waals surface area contributed by atoms with E-state index in [2.05, 4.69) is 15.3 Å². The lowest BCUT2D eigenvalue weighted by Gasteiger charge is -2.33. The number of aliphatic imine (C=N–C) groups is 1. The topological polar surface area (TPSA) is 149 Å². The van der Waals surface area contributed by atoms with E-state index >= 15 is 0 Å². The molecule has 1 aliphatic heterocycles. The van der Waals surface area contributed by atoms with Crippen molar-refractivity contribution in [3.63, 3.8) is 0 Å². The number of nitrogens with zero attached hydrogens (tertiary/aromatic N) is 4. The first kappa shape index (κ1) is 30.8. The minimum absolute atomic E-state index is 0.0474. The fourth-order valence-electron chi connectivity index (χ4n) is 5.61. The molecule has 0 saturated heterocycles. The van der Waals surface area contributed by atoms with Crippen LogP contribution in [0.2, 0.25) is 0 Å². The van der Waals surface area contributed by atoms with Crippen LogP contribution in [0, 0.1) is 0 Å². The predicted octanol–water partition coefficient (Wildman–Crippen LogP) is 6.17. The van der Waals surface area contributed by atoms with Gasteiger partial charge in [-0.05, 0) is 61.0 Å². The highest BCUT2D eigenvalue weighted by molar-refractivity contribution is 6.01. The predicted molar refractivity (Wildman–Crippen MR) is 168 cm³/mol. The van der Waals surface area contributed by atoms with Crippen LogP contribution in [-0.4, -0.2) is 52.9 Å². The molecular weight excluding hydrogens is 558 g/mol. The van der Waals surface area contributed by atoms with Crippen molar-refractivity contribution < 1.29 is 24.5 Å². The molecule has 0 radical (unpaired) electrons. The Kier molecular flexibility index (Phi) is 10.3. The normalized spacial score (nSPS) is 23.0. The molecule has 228 valence electrons. The molecular formula is C34H37N5O5. The number of aliphatic hydroxyl groups excluding tert-OH is 2. The van der Waals surface area contributed by atoms with E-state index in [-0.39, 0.29) is 37.0 Å². The molecule has 0 spiro atoms. The van der Waals surface area contributed by atoms with E-state index in [4.69, 9.17) is 19.6 Å². The lowest BCUT2D eigenvalue weighted by molar-refractivity contribution is -0.130. The van der Waals surface area contributed by atoms with Crippen molar-refractivity contribution in [2.75, 3.05) is 13.2 Å². The number of hydrogen-bond donors (Lipinski definition) is 3. The summed E-state index contributed by atoms with van der Waals surface area (Å²) < 4.78 is 12.2. The number of rotatable bonds is 12. The van der Waals surface area contributed by atoms with Crippen LogP contribution in [0.5, 0.6) is 5.75 Å². The van der Waals surface area contributed by atoms with Crippen LogP contribution < -0.4 is 10.1 Å². The molecule has 1 heterocycles. The first-order valence-corrected chi connectivity index (χ1v) is 15.0. The first-order chi connectivity index (χ1) is 21.5. The molecule has 1 amide bonds. The third kappa shape index (κ3) is 7.29. The van der Waals surface area contributed by atoms with Crippen molar-refractivity contribution in [2.24, 2.45) is 10.1 Å². The molecule has 3 aromatic rings. The van der Waals surface area contributed by atoms with Gasteiger partial charge < -0.3 is 25.0 Å². The number of aliphatic hydroxyl groups is 2. The van der Waals surface area contributed by atoms with Crippen LogP contribution in [0.25, 0.3) is 16.5 Å². The highest BCUT2D eigenvalue weighted by Gasteiger charge is 2.53. The van der Waals surface area contributed by atoms with E-state index in [1.165, 1.54) is 0 Å². The molecule has 1 fully saturated rings. The molecule has 2 atom stereocenters. The molecule has 1 aliphatic carbocycles. The van der Waals surface area contributed by atoms with Gasteiger partial charge in [0.1, 0.15) is 5.75 Å². The molecule has 0 unspecified atom stereocenters. The van der Waals surface area contributed by atoms with Crippen molar-refractivity contribution in [1.82, 2.24) is 5.32 Å². The second-order valence-corrected chi connectivity index (χ2v) is 11.0. The van der Waals surface area contributed by atoms with Crippen LogP contribution in [0.4, 0.5) is 5.69 Å². The molecule has 0 aromatic heterocycles. The van der Waals surface area contributed by atoms with Gasteiger partial charge in [0, 0.05) is 47.2 Å². The lowest BCUT2D eigenvalue weighted by atomic mass is 9.82. The molecule has 44 heavy (non-hydrogen) atoms. The Morgan fingerprint density at radius 3 is 2.52 bits per heavy atom. The Bertz CT molecular complexity index is 1510. The van der Waals surface area contributed by atoms with E-state index < -0.39 is 11.6 Å². The molecule has 3 N–H and O–H groups in total. The maximum absolute atomic E-state index is 14.5. The summed E-state index contributed by atoms with van der Waals surface area (Å²) in [6, 6.07) is 24.0. The van der Waals surface area contributed by atoms with Gasteiger partial charge in [-0.1, -0.05) is 71.9 Å². The fraction of sp³-hybridized carbons (Fsp3) is 0.353. The number of amides is 1. The number of benzene rings is 3. The maximum Gasteiger partial charge on any atom is 0.252 e. The number of carbonyl (C=O) groups is 1. The highest BCUT2D eigenvalue weighted by atomic mass is 16.5. The molecule has 10 heteroatoms. The number of azide groups is 1. The number of hydrogen-bond acceptors (Lipinski definition) is 7. The van der Waals surface area contributed by atoms with Gasteiger partial charge in [0.15, 0.2) is 11.6 Å². The van der Waals surface area contributed by atoms with Crippen LogP contribution in [0.1, 0.15) is 61.3 Å². The standard InChI is InChI=1S/C34H37N5O5/c35-39-38-30-12-5-4-11-29(30)31-34(21-6-10-24-8-2-1-3-9-24,33(42)36-26-15-17-27(41)18-16-26)37-32(44-31)25-13-19-28(20-14-25)43-23-7-22-40/h1-6,8-14,19-20,26-27,31,40-41H,7,15-18,21-23H2,(H,36,42)/b10-6+/t26?,27?,31-,34-/m1/s1. The van der Waals surface area contributed by atoms with Gasteiger partial charge in [-0.2, -0.15) is 0 Å². The van der Waals surface area contributed by atoms with E-state index in [1.807, 2.05) is 60.7 Å². The Morgan fingerprint density at radius 1 is 1.07 bits per heavy atom. The minimum atomic E-state index is -1.42. The summed E-state index contributed by atoms with van der Waals surface area (Å²) in [6.45, 7) is 0.437. The Balaban J connectivity index is 1.56. The number of ether oxygens (including phenoxy) is 2. The summed E-state index contributed by atoms with van der Waals surface area (Å²) in [5, 5.41) is 26.2. The van der Waals surface area contributed by atoms with Gasteiger partial charge in [0.05, 0.1) is 12.7 Å². The summed E-state index contributed by atoms with van der Waals surface area (Å²) in [7, 11) is 0. The third-order valence-electron chi connectivity index (χ3n) is 7.97. The van der Waals surface area contributed by atoms with E-state index in [0.717, 1.165) is 5.56 Å². The van der Waals surface area contributed by atoms with Gasteiger partial charge in [0.25, 0.3) is 5.91 Å². The van der Waals surface area contributed by atoms with Gasteiger partial charge in [-0.15, -0.1) is 0 Å². The molecule has 5 rings (SSSR count). The summed E-state index contributed by atoms with van der Waals surface area (Å²) >= 11 is 0. The van der Waals surface area contributed by atoms with E-state index in [9.17, 15) is 15.4 Å². The Morgan fingerprint density at radius 2 is 1.80 bits per heavy atom. The summed E-state index contributed by atoms with van der Waals surface area (Å²) in [6.07, 6.45) is 5.93. The molecule has 10 nitrogen and oxygen atoms in total. The van der Waals surface area contributed by atoms with Crippen molar-refractivity contribution in [3.8, 4) is 5.75 Å². The van der Waals surface area contributed by atoms with Crippen LogP contribution >= 0.6 is 0 Å². The van der Waals surface area contributed by atoms with Gasteiger partial charge in [0.2, 0.25) is 5.90 Å². The van der Waals surface area contributed by atoms with Gasteiger partial charge >= 0.3 is 0 Å². The fourth-order valence-corrected chi connectivity index (χ4v) is 5.61. The zero-order valence-electron chi connectivity index (χ0n) is 24.5. The molecule has 1 saturated carbocycles. The minimum Gasteiger partial charge on any atom is -0.494 e. The second-order valence-electron chi connectivity index (χ2n) is 11.0. The average molecular weight is 596 g/mol. The summed E-state index contributed by atoms with van der Waals surface area (Å²) in [5.74, 6) is 0.631. The summed E-state index contributed by atoms with van der Waals surface area (Å²) in [4.78, 5) is 22.5. The SMILES string of the molecule is [N-]=[N+]=Nc1ccccc1[C@H]1OC(c2ccc(OCCCO)cc2)=N[C@@]1(C/C=C/c1ccccc1)C(=O)NC1CCC(O)CC1. The highest BCUT2D eigenvalue weighted by Crippen LogP contribution is 2.46. The van der Waals surface area contributed by atoms with Gasteiger partial charge in [-0.25, -0.2) is 4.99 Å².